The van der Waals surface area contributed by atoms with Gasteiger partial charge in [0.1, 0.15) is 5.52 Å². The van der Waals surface area contributed by atoms with E-state index in [1.54, 1.807) is 22.0 Å². The first-order valence-corrected chi connectivity index (χ1v) is 13.0. The zero-order valence-corrected chi connectivity index (χ0v) is 21.3. The van der Waals surface area contributed by atoms with E-state index in [0.29, 0.717) is 21.7 Å². The Balaban J connectivity index is 1.67. The molecule has 0 atom stereocenters. The third-order valence-corrected chi connectivity index (χ3v) is 7.81. The van der Waals surface area contributed by atoms with Gasteiger partial charge in [0.15, 0.2) is 11.6 Å². The summed E-state index contributed by atoms with van der Waals surface area (Å²) < 4.78 is 32.4. The molecular weight excluding hydrogens is 540 g/mol. The molecule has 0 amide bonds. The zero-order valence-electron chi connectivity index (χ0n) is 19.8. The number of allylic oxidation sites excluding steroid dienone is 1. The minimum atomic E-state index is -1.39. The van der Waals surface area contributed by atoms with Crippen molar-refractivity contribution in [1.29, 1.82) is 0 Å². The van der Waals surface area contributed by atoms with E-state index in [1.165, 1.54) is 36.7 Å². The van der Waals surface area contributed by atoms with Crippen LogP contribution in [0.5, 0.6) is 0 Å². The fraction of sp³-hybridized carbons (Fsp3) is 0.231. The maximum atomic E-state index is 15.6. The summed E-state index contributed by atoms with van der Waals surface area (Å²) in [5.74, 6) is -3.88. The predicted molar refractivity (Wildman–Crippen MR) is 137 cm³/mol. The topological polar surface area (TPSA) is 106 Å². The minimum absolute atomic E-state index is 0.0261. The molecule has 2 aliphatic rings. The van der Waals surface area contributed by atoms with Gasteiger partial charge in [-0.3, -0.25) is 15.0 Å². The van der Waals surface area contributed by atoms with E-state index in [2.05, 4.69) is 0 Å². The lowest BCUT2D eigenvalue weighted by atomic mass is 10.2. The molecular formula is C26H22ClF2N3O5S. The van der Waals surface area contributed by atoms with Crippen molar-refractivity contribution < 1.29 is 33.8 Å². The van der Waals surface area contributed by atoms with Crippen molar-refractivity contribution in [1.82, 2.24) is 9.74 Å². The van der Waals surface area contributed by atoms with Gasteiger partial charge < -0.3 is 10.2 Å². The second-order valence-corrected chi connectivity index (χ2v) is 10.4. The number of hydroxylamine groups is 2. The molecule has 0 bridgehead atoms. The van der Waals surface area contributed by atoms with Gasteiger partial charge in [-0.2, -0.15) is 0 Å². The molecule has 1 aromatic heterocycles. The van der Waals surface area contributed by atoms with Crippen LogP contribution in [0.25, 0.3) is 10.9 Å². The molecule has 0 unspecified atom stereocenters. The second-order valence-electron chi connectivity index (χ2n) is 8.97. The third kappa shape index (κ3) is 4.84. The Morgan fingerprint density at radius 1 is 1.08 bits per heavy atom. The predicted octanol–water partition coefficient (Wildman–Crippen LogP) is 6.51. The summed E-state index contributed by atoms with van der Waals surface area (Å²) >= 11 is 7.19. The van der Waals surface area contributed by atoms with Gasteiger partial charge in [-0.1, -0.05) is 29.4 Å². The van der Waals surface area contributed by atoms with E-state index in [4.69, 9.17) is 16.7 Å². The number of carboxylic acid groups (broad SMARTS) is 2. The summed E-state index contributed by atoms with van der Waals surface area (Å²) in [7, 11) is 0. The lowest BCUT2D eigenvalue weighted by Gasteiger charge is -2.29. The van der Waals surface area contributed by atoms with Crippen LogP contribution in [0.3, 0.4) is 0 Å². The van der Waals surface area contributed by atoms with E-state index in [9.17, 15) is 19.9 Å². The van der Waals surface area contributed by atoms with Gasteiger partial charge >= 0.3 is 11.9 Å². The summed E-state index contributed by atoms with van der Waals surface area (Å²) in [5, 5.41) is 31.5. The first kappa shape index (κ1) is 26.1. The Hall–Kier alpha value is -3.54. The standard InChI is InChI=1S/C26H22ClF2N3O5S/c27-18-10-9-17-24(22(18)29)32(30-11-12-31(37)15(13-30)3-1-6-20(33)34)23(14-7-8-14)25(17)38-19-5-2-4-16(21(19)28)26(35)36/h2,4-5,9-14,37H,1,3,6-8H2,(H,33,34)(H,35,36). The van der Waals surface area contributed by atoms with Crippen LogP contribution in [0, 0.1) is 11.6 Å². The van der Waals surface area contributed by atoms with Gasteiger partial charge in [-0.05, 0) is 49.9 Å². The average molecular weight is 562 g/mol. The lowest BCUT2D eigenvalue weighted by Crippen LogP contribution is -2.31. The molecule has 1 aliphatic heterocycles. The molecule has 1 fully saturated rings. The molecule has 0 radical (unpaired) electrons. The summed E-state index contributed by atoms with van der Waals surface area (Å²) in [6, 6.07) is 7.18. The molecule has 2 heterocycles. The molecule has 1 aliphatic carbocycles. The van der Waals surface area contributed by atoms with Crippen molar-refractivity contribution in [2.75, 3.05) is 5.01 Å². The number of fused-ring (bicyclic) bond motifs is 1. The monoisotopic (exact) mass is 561 g/mol. The smallest absolute Gasteiger partial charge is 0.338 e. The van der Waals surface area contributed by atoms with Gasteiger partial charge in [0.2, 0.25) is 0 Å². The van der Waals surface area contributed by atoms with Crippen molar-refractivity contribution >= 4 is 46.2 Å². The second kappa shape index (κ2) is 10.3. The zero-order chi connectivity index (χ0) is 27.1. The molecule has 3 aromatic rings. The number of halogens is 3. The molecule has 38 heavy (non-hydrogen) atoms. The van der Waals surface area contributed by atoms with Crippen LogP contribution in [0.2, 0.25) is 5.02 Å². The van der Waals surface area contributed by atoms with Gasteiger partial charge in [0, 0.05) is 39.9 Å². The number of carbonyl (C=O) groups is 2. The van der Waals surface area contributed by atoms with Crippen LogP contribution in [0.4, 0.5) is 8.78 Å². The Morgan fingerprint density at radius 3 is 2.53 bits per heavy atom. The van der Waals surface area contributed by atoms with Gasteiger partial charge in [-0.15, -0.1) is 0 Å². The highest BCUT2D eigenvalue weighted by molar-refractivity contribution is 7.99. The number of aliphatic carboxylic acids is 1. The van der Waals surface area contributed by atoms with Crippen LogP contribution in [0.15, 0.2) is 64.4 Å². The van der Waals surface area contributed by atoms with Gasteiger partial charge in [-0.25, -0.2) is 23.3 Å². The number of aromatic nitrogens is 1. The number of benzene rings is 2. The van der Waals surface area contributed by atoms with Crippen molar-refractivity contribution in [3.8, 4) is 0 Å². The normalized spacial score (nSPS) is 15.3. The van der Waals surface area contributed by atoms with Crippen molar-refractivity contribution in [3.63, 3.8) is 0 Å². The molecule has 0 spiro atoms. The van der Waals surface area contributed by atoms with Crippen molar-refractivity contribution in [2.45, 2.75) is 47.8 Å². The summed E-state index contributed by atoms with van der Waals surface area (Å²) in [4.78, 5) is 23.1. The van der Waals surface area contributed by atoms with Crippen LogP contribution in [-0.4, -0.2) is 37.1 Å². The fourth-order valence-electron chi connectivity index (χ4n) is 4.42. The summed E-state index contributed by atoms with van der Waals surface area (Å²) in [6.45, 7) is 0. The highest BCUT2D eigenvalue weighted by atomic mass is 35.5. The lowest BCUT2D eigenvalue weighted by molar-refractivity contribution is -0.137. The quantitative estimate of drug-likeness (QED) is 0.271. The van der Waals surface area contributed by atoms with Crippen LogP contribution >= 0.6 is 23.4 Å². The van der Waals surface area contributed by atoms with E-state index in [0.717, 1.165) is 29.7 Å². The largest absolute Gasteiger partial charge is 0.481 e. The average Bonchev–Trinajstić information content (AvgIpc) is 3.66. The number of aromatic carboxylic acids is 1. The molecule has 3 N–H and O–H groups in total. The minimum Gasteiger partial charge on any atom is -0.481 e. The van der Waals surface area contributed by atoms with E-state index in [-0.39, 0.29) is 40.6 Å². The van der Waals surface area contributed by atoms with Crippen molar-refractivity contribution in [2.24, 2.45) is 0 Å². The van der Waals surface area contributed by atoms with Crippen LogP contribution in [-0.2, 0) is 4.79 Å². The first-order valence-electron chi connectivity index (χ1n) is 11.8. The van der Waals surface area contributed by atoms with E-state index < -0.39 is 29.1 Å². The molecule has 8 nitrogen and oxygen atoms in total. The van der Waals surface area contributed by atoms with E-state index >= 15 is 8.78 Å². The molecule has 198 valence electrons. The number of hydrogen-bond donors (Lipinski definition) is 3. The molecule has 5 rings (SSSR count). The Labute approximate surface area is 224 Å². The van der Waals surface area contributed by atoms with Crippen LogP contribution < -0.4 is 5.01 Å². The number of hydrogen-bond acceptors (Lipinski definition) is 6. The van der Waals surface area contributed by atoms with Gasteiger partial charge in [0.25, 0.3) is 0 Å². The Kier molecular flexibility index (Phi) is 7.08. The van der Waals surface area contributed by atoms with Crippen LogP contribution in [0.1, 0.15) is 54.1 Å². The van der Waals surface area contributed by atoms with E-state index in [1.807, 2.05) is 0 Å². The fourth-order valence-corrected chi connectivity index (χ4v) is 5.77. The number of nitrogens with zero attached hydrogens (tertiary/aromatic N) is 3. The maximum absolute atomic E-state index is 15.6. The molecule has 1 saturated carbocycles. The Bertz CT molecular complexity index is 1520. The number of rotatable bonds is 9. The molecule has 2 aromatic carbocycles. The summed E-state index contributed by atoms with van der Waals surface area (Å²) in [5.41, 5.74) is 0.781. The highest BCUT2D eigenvalue weighted by Crippen LogP contribution is 2.51. The third-order valence-electron chi connectivity index (χ3n) is 6.35. The Morgan fingerprint density at radius 2 is 1.84 bits per heavy atom. The highest BCUT2D eigenvalue weighted by Gasteiger charge is 2.36. The number of carboxylic acids is 2. The first-order chi connectivity index (χ1) is 18.2. The molecule has 0 saturated heterocycles. The summed E-state index contributed by atoms with van der Waals surface area (Å²) in [6.07, 6.45) is 6.54. The maximum Gasteiger partial charge on any atom is 0.338 e. The van der Waals surface area contributed by atoms with Gasteiger partial charge in [0.05, 0.1) is 28.2 Å². The SMILES string of the molecule is O=C(O)CCCC1=CN(n2c(C3CC3)c(Sc3cccc(C(=O)O)c3F)c3ccc(Cl)c(F)c32)C=CN1O. The molecule has 12 heteroatoms. The van der Waals surface area contributed by atoms with Crippen molar-refractivity contribution in [3.05, 3.63) is 82.5 Å².